The zero-order valence-corrected chi connectivity index (χ0v) is 18.2. The Labute approximate surface area is 180 Å². The molecule has 0 aliphatic carbocycles. The van der Waals surface area contributed by atoms with Crippen LogP contribution in [0.1, 0.15) is 75.2 Å². The van der Waals surface area contributed by atoms with Crippen molar-refractivity contribution in [2.24, 2.45) is 0 Å². The monoisotopic (exact) mass is 429 g/mol. The highest BCUT2D eigenvalue weighted by atomic mass is 32.1. The van der Waals surface area contributed by atoms with E-state index in [9.17, 15) is 14.0 Å². The van der Waals surface area contributed by atoms with Gasteiger partial charge in [0.15, 0.2) is 0 Å². The van der Waals surface area contributed by atoms with Crippen LogP contribution in [-0.2, 0) is 0 Å². The van der Waals surface area contributed by atoms with Gasteiger partial charge in [0.05, 0.1) is 10.7 Å². The Kier molecular flexibility index (Phi) is 6.46. The molecular formula is C23H28FN3O2S. The number of likely N-dealkylation sites (tertiary alicyclic amines) is 2. The van der Waals surface area contributed by atoms with E-state index in [2.05, 4.69) is 0 Å². The summed E-state index contributed by atoms with van der Waals surface area (Å²) in [5, 5.41) is 1.00. The molecule has 1 aromatic heterocycles. The molecule has 0 N–H and O–H groups in total. The summed E-state index contributed by atoms with van der Waals surface area (Å²) in [6.45, 7) is 4.84. The molecule has 160 valence electrons. The Hall–Kier alpha value is -2.28. The maximum absolute atomic E-state index is 13.4. The number of rotatable bonds is 3. The lowest BCUT2D eigenvalue weighted by molar-refractivity contribution is 0.0711. The molecule has 0 radical (unpaired) electrons. The molecule has 2 aliphatic heterocycles. The van der Waals surface area contributed by atoms with E-state index >= 15 is 0 Å². The first-order valence-electron chi connectivity index (χ1n) is 10.8. The van der Waals surface area contributed by atoms with Gasteiger partial charge in [0, 0.05) is 37.7 Å². The summed E-state index contributed by atoms with van der Waals surface area (Å²) in [4.78, 5) is 34.9. The number of nitrogens with zero attached hydrogens (tertiary/aromatic N) is 3. The zero-order chi connectivity index (χ0) is 21.1. The highest BCUT2D eigenvalue weighted by molar-refractivity contribution is 7.13. The lowest BCUT2D eigenvalue weighted by Gasteiger charge is -2.31. The summed E-state index contributed by atoms with van der Waals surface area (Å²) >= 11 is 1.53. The highest BCUT2D eigenvalue weighted by Crippen LogP contribution is 2.33. The molecule has 0 bridgehead atoms. The Morgan fingerprint density at radius 1 is 1.00 bits per heavy atom. The lowest BCUT2D eigenvalue weighted by Crippen LogP contribution is -2.37. The molecule has 1 aromatic carbocycles. The van der Waals surface area contributed by atoms with Crippen LogP contribution in [0.4, 0.5) is 4.39 Å². The van der Waals surface area contributed by atoms with Gasteiger partial charge in [-0.15, -0.1) is 11.3 Å². The average Bonchev–Trinajstić information content (AvgIpc) is 2.96. The van der Waals surface area contributed by atoms with Crippen LogP contribution >= 0.6 is 11.3 Å². The lowest BCUT2D eigenvalue weighted by atomic mass is 9.97. The summed E-state index contributed by atoms with van der Waals surface area (Å²) in [5.41, 5.74) is 1.21. The number of hydrogen-bond acceptors (Lipinski definition) is 4. The molecule has 3 heterocycles. The fraction of sp³-hybridized carbons (Fsp3) is 0.522. The van der Waals surface area contributed by atoms with Crippen molar-refractivity contribution in [3.05, 3.63) is 51.2 Å². The number of carbonyl (C=O) groups is 2. The van der Waals surface area contributed by atoms with Gasteiger partial charge in [0.1, 0.15) is 10.7 Å². The van der Waals surface area contributed by atoms with Crippen molar-refractivity contribution in [2.75, 3.05) is 26.2 Å². The molecule has 4 rings (SSSR count). The molecule has 2 fully saturated rings. The fourth-order valence-electron chi connectivity index (χ4n) is 4.34. The number of aromatic nitrogens is 1. The van der Waals surface area contributed by atoms with Crippen LogP contribution in [-0.4, -0.2) is 52.8 Å². The molecular weight excluding hydrogens is 401 g/mol. The van der Waals surface area contributed by atoms with Crippen molar-refractivity contribution in [3.63, 3.8) is 0 Å². The average molecular weight is 430 g/mol. The van der Waals surface area contributed by atoms with Crippen molar-refractivity contribution in [3.8, 4) is 0 Å². The third-order valence-corrected chi connectivity index (χ3v) is 7.41. The summed E-state index contributed by atoms with van der Waals surface area (Å²) in [6, 6.07) is 5.86. The Morgan fingerprint density at radius 3 is 2.33 bits per heavy atom. The fourth-order valence-corrected chi connectivity index (χ4v) is 5.55. The first-order chi connectivity index (χ1) is 14.5. The third-order valence-electron chi connectivity index (χ3n) is 6.10. The van der Waals surface area contributed by atoms with Gasteiger partial charge in [-0.05, 0) is 50.8 Å². The van der Waals surface area contributed by atoms with Crippen molar-refractivity contribution < 1.29 is 14.0 Å². The molecule has 2 amide bonds. The molecule has 5 nitrogen and oxygen atoms in total. The van der Waals surface area contributed by atoms with Gasteiger partial charge in [-0.25, -0.2) is 9.37 Å². The van der Waals surface area contributed by atoms with Crippen LogP contribution in [0.15, 0.2) is 24.3 Å². The van der Waals surface area contributed by atoms with Crippen molar-refractivity contribution in [1.29, 1.82) is 0 Å². The quantitative estimate of drug-likeness (QED) is 0.715. The van der Waals surface area contributed by atoms with E-state index in [0.717, 1.165) is 54.4 Å². The third kappa shape index (κ3) is 4.56. The van der Waals surface area contributed by atoms with Crippen molar-refractivity contribution in [1.82, 2.24) is 14.8 Å². The molecule has 2 aromatic rings. The van der Waals surface area contributed by atoms with E-state index < -0.39 is 5.82 Å². The van der Waals surface area contributed by atoms with Crippen LogP contribution < -0.4 is 0 Å². The van der Waals surface area contributed by atoms with E-state index in [-0.39, 0.29) is 17.7 Å². The second-order valence-corrected chi connectivity index (χ2v) is 9.28. The van der Waals surface area contributed by atoms with E-state index in [4.69, 9.17) is 4.98 Å². The number of carbonyl (C=O) groups excluding carboxylic acids is 2. The van der Waals surface area contributed by atoms with E-state index in [1.807, 2.05) is 11.8 Å². The van der Waals surface area contributed by atoms with E-state index in [1.165, 1.54) is 36.3 Å². The molecule has 30 heavy (non-hydrogen) atoms. The minimum atomic E-state index is -0.393. The molecule has 0 spiro atoms. The van der Waals surface area contributed by atoms with Crippen LogP contribution in [0.2, 0.25) is 0 Å². The van der Waals surface area contributed by atoms with Crippen molar-refractivity contribution >= 4 is 23.2 Å². The maximum Gasteiger partial charge on any atom is 0.265 e. The number of amides is 2. The number of hydrogen-bond donors (Lipinski definition) is 0. The predicted molar refractivity (Wildman–Crippen MR) is 116 cm³/mol. The molecule has 7 heteroatoms. The number of piperidine rings is 1. The standard InChI is InChI=1S/C23H28FN3O2S/c1-16-20(23(29)26-11-4-2-3-5-12-26)30-21(25-16)17-9-13-27(14-10-17)22(28)18-7-6-8-19(24)15-18/h6-8,15,17H,2-5,9-14H2,1H3. The van der Waals surface area contributed by atoms with Crippen LogP contribution in [0.3, 0.4) is 0 Å². The summed E-state index contributed by atoms with van der Waals surface area (Å²) < 4.78 is 13.4. The molecule has 0 unspecified atom stereocenters. The Bertz CT molecular complexity index is 913. The van der Waals surface area contributed by atoms with E-state index in [1.54, 1.807) is 17.0 Å². The largest absolute Gasteiger partial charge is 0.339 e. The first kappa shape index (κ1) is 21.0. The van der Waals surface area contributed by atoms with Gasteiger partial charge >= 0.3 is 0 Å². The first-order valence-corrected chi connectivity index (χ1v) is 11.7. The second-order valence-electron chi connectivity index (χ2n) is 8.25. The topological polar surface area (TPSA) is 53.5 Å². The summed E-state index contributed by atoms with van der Waals surface area (Å²) in [7, 11) is 0. The smallest absolute Gasteiger partial charge is 0.265 e. The molecule has 0 saturated carbocycles. The zero-order valence-electron chi connectivity index (χ0n) is 17.4. The Morgan fingerprint density at radius 2 is 1.67 bits per heavy atom. The van der Waals surface area contributed by atoms with Gasteiger partial charge in [0.25, 0.3) is 11.8 Å². The van der Waals surface area contributed by atoms with Crippen LogP contribution in [0, 0.1) is 12.7 Å². The SMILES string of the molecule is Cc1nc(C2CCN(C(=O)c3cccc(F)c3)CC2)sc1C(=O)N1CCCCCC1. The number of thiazole rings is 1. The Balaban J connectivity index is 1.40. The minimum Gasteiger partial charge on any atom is -0.339 e. The van der Waals surface area contributed by atoms with Gasteiger partial charge in [-0.3, -0.25) is 9.59 Å². The predicted octanol–water partition coefficient (Wildman–Crippen LogP) is 4.63. The highest BCUT2D eigenvalue weighted by Gasteiger charge is 2.29. The number of benzene rings is 1. The van der Waals surface area contributed by atoms with Crippen LogP contribution in [0.5, 0.6) is 0 Å². The van der Waals surface area contributed by atoms with Crippen LogP contribution in [0.25, 0.3) is 0 Å². The van der Waals surface area contributed by atoms with Gasteiger partial charge < -0.3 is 9.80 Å². The normalized spacial score (nSPS) is 18.3. The maximum atomic E-state index is 13.4. The molecule has 0 atom stereocenters. The summed E-state index contributed by atoms with van der Waals surface area (Å²) in [6.07, 6.45) is 6.17. The molecule has 2 saturated heterocycles. The summed E-state index contributed by atoms with van der Waals surface area (Å²) in [5.74, 6) is -0.135. The second kappa shape index (κ2) is 9.25. The van der Waals surface area contributed by atoms with Crippen molar-refractivity contribution in [2.45, 2.75) is 51.4 Å². The van der Waals surface area contributed by atoms with Gasteiger partial charge in [0.2, 0.25) is 0 Å². The number of aryl methyl sites for hydroxylation is 1. The van der Waals surface area contributed by atoms with Gasteiger partial charge in [-0.1, -0.05) is 18.9 Å². The van der Waals surface area contributed by atoms with E-state index in [0.29, 0.717) is 18.7 Å². The number of halogens is 1. The molecule has 2 aliphatic rings. The minimum absolute atomic E-state index is 0.122. The van der Waals surface area contributed by atoms with Gasteiger partial charge in [-0.2, -0.15) is 0 Å².